The van der Waals surface area contributed by atoms with Crippen LogP contribution in [0.5, 0.6) is 0 Å². The van der Waals surface area contributed by atoms with Crippen molar-refractivity contribution < 1.29 is 14.3 Å². The molecule has 0 atom stereocenters. The highest BCUT2D eigenvalue weighted by molar-refractivity contribution is 5.99. The number of amides is 1. The van der Waals surface area contributed by atoms with Crippen molar-refractivity contribution in [2.24, 2.45) is 4.99 Å². The van der Waals surface area contributed by atoms with Crippen LogP contribution in [0.25, 0.3) is 5.70 Å². The monoisotopic (exact) mass is 365 g/mol. The number of nitrogens with zero attached hydrogens (tertiary/aromatic N) is 2. The number of benzene rings is 2. The van der Waals surface area contributed by atoms with Gasteiger partial charge in [-0.05, 0) is 12.3 Å². The molecule has 1 aliphatic rings. The molecule has 0 spiro atoms. The second-order valence-electron chi connectivity index (χ2n) is 6.02. The highest BCUT2D eigenvalue weighted by Crippen LogP contribution is 2.22. The van der Waals surface area contributed by atoms with Crippen molar-refractivity contribution in [1.29, 1.82) is 0 Å². The molecule has 3 rings (SSSR count). The number of aliphatic imine (C=N–C) groups is 1. The molecule has 1 N–H and O–H groups in total. The Hall–Kier alpha value is -2.96. The van der Waals surface area contributed by atoms with Crippen LogP contribution in [0, 0.1) is 0 Å². The predicted octanol–water partition coefficient (Wildman–Crippen LogP) is 2.64. The van der Waals surface area contributed by atoms with Gasteiger partial charge in [0.05, 0.1) is 13.2 Å². The SMILES string of the molecule is C=N/C(=C(\OCc1ccccc1)C(=O)NN1CCOCC1)c1ccccc1. The third kappa shape index (κ3) is 5.26. The molecule has 1 heterocycles. The number of carbonyl (C=O) groups excluding carboxylic acids is 1. The third-order valence-corrected chi connectivity index (χ3v) is 4.12. The van der Waals surface area contributed by atoms with Gasteiger partial charge in [-0.1, -0.05) is 60.7 Å². The lowest BCUT2D eigenvalue weighted by atomic mass is 10.1. The zero-order valence-electron chi connectivity index (χ0n) is 15.1. The molecule has 0 saturated carbocycles. The van der Waals surface area contributed by atoms with E-state index in [1.807, 2.05) is 65.7 Å². The number of nitrogens with one attached hydrogen (secondary N) is 1. The standard InChI is InChI=1S/C21H23N3O3/c1-22-19(18-10-6-3-7-11-18)20(27-16-17-8-4-2-5-9-17)21(25)23-24-12-14-26-15-13-24/h2-11H,1,12-16H2,(H,23,25)/b20-19-. The van der Waals surface area contributed by atoms with Crippen LogP contribution in [0.2, 0.25) is 0 Å². The molecule has 0 aromatic heterocycles. The van der Waals surface area contributed by atoms with Gasteiger partial charge in [0.2, 0.25) is 5.76 Å². The zero-order chi connectivity index (χ0) is 18.9. The average molecular weight is 365 g/mol. The van der Waals surface area contributed by atoms with Crippen molar-refractivity contribution in [1.82, 2.24) is 10.4 Å². The largest absolute Gasteiger partial charge is 0.481 e. The fraction of sp³-hybridized carbons (Fsp3) is 0.238. The minimum absolute atomic E-state index is 0.145. The molecular weight excluding hydrogens is 342 g/mol. The van der Waals surface area contributed by atoms with E-state index in [2.05, 4.69) is 17.1 Å². The summed E-state index contributed by atoms with van der Waals surface area (Å²) in [6.45, 7) is 6.31. The second kappa shape index (κ2) is 9.66. The van der Waals surface area contributed by atoms with Crippen molar-refractivity contribution in [3.8, 4) is 0 Å². The van der Waals surface area contributed by atoms with Crippen molar-refractivity contribution in [2.45, 2.75) is 6.61 Å². The molecule has 2 aromatic carbocycles. The van der Waals surface area contributed by atoms with Crippen molar-refractivity contribution in [3.05, 3.63) is 77.5 Å². The fourth-order valence-electron chi connectivity index (χ4n) is 2.73. The molecule has 0 unspecified atom stereocenters. The summed E-state index contributed by atoms with van der Waals surface area (Å²) in [5.41, 5.74) is 5.03. The Balaban J connectivity index is 1.85. The maximum atomic E-state index is 12.9. The molecule has 1 saturated heterocycles. The summed E-state index contributed by atoms with van der Waals surface area (Å²) in [6, 6.07) is 19.1. The fourth-order valence-corrected chi connectivity index (χ4v) is 2.73. The number of rotatable bonds is 7. The minimum Gasteiger partial charge on any atom is -0.481 e. The van der Waals surface area contributed by atoms with Crippen LogP contribution in [0.3, 0.4) is 0 Å². The number of morpholine rings is 1. The Kier molecular flexibility index (Phi) is 6.73. The van der Waals surface area contributed by atoms with Crippen LogP contribution in [0.15, 0.2) is 71.4 Å². The Morgan fingerprint density at radius 3 is 2.33 bits per heavy atom. The lowest BCUT2D eigenvalue weighted by Gasteiger charge is -2.27. The first-order valence-corrected chi connectivity index (χ1v) is 8.85. The average Bonchev–Trinajstić information content (AvgIpc) is 2.73. The van der Waals surface area contributed by atoms with Gasteiger partial charge in [-0.25, -0.2) is 5.01 Å². The highest BCUT2D eigenvalue weighted by Gasteiger charge is 2.22. The molecule has 27 heavy (non-hydrogen) atoms. The number of hydrogen-bond donors (Lipinski definition) is 1. The number of carbonyl (C=O) groups is 1. The van der Waals surface area contributed by atoms with Crippen LogP contribution in [-0.2, 0) is 20.9 Å². The third-order valence-electron chi connectivity index (χ3n) is 4.12. The van der Waals surface area contributed by atoms with E-state index in [4.69, 9.17) is 9.47 Å². The molecule has 0 radical (unpaired) electrons. The molecule has 1 aliphatic heterocycles. The maximum Gasteiger partial charge on any atom is 0.302 e. The molecule has 0 aliphatic carbocycles. The summed E-state index contributed by atoms with van der Waals surface area (Å²) in [6.07, 6.45) is 0. The van der Waals surface area contributed by atoms with E-state index in [9.17, 15) is 4.79 Å². The molecule has 6 nitrogen and oxygen atoms in total. The van der Waals surface area contributed by atoms with Gasteiger partial charge in [-0.15, -0.1) is 0 Å². The summed E-state index contributed by atoms with van der Waals surface area (Å²) in [5, 5.41) is 1.82. The molecular formula is C21H23N3O3. The van der Waals surface area contributed by atoms with E-state index < -0.39 is 0 Å². The van der Waals surface area contributed by atoms with E-state index in [0.29, 0.717) is 32.0 Å². The topological polar surface area (TPSA) is 63.2 Å². The van der Waals surface area contributed by atoms with Gasteiger partial charge in [0, 0.05) is 18.7 Å². The van der Waals surface area contributed by atoms with Crippen LogP contribution in [0.4, 0.5) is 0 Å². The van der Waals surface area contributed by atoms with Gasteiger partial charge >= 0.3 is 5.91 Å². The molecule has 2 aromatic rings. The second-order valence-corrected chi connectivity index (χ2v) is 6.02. The van der Waals surface area contributed by atoms with E-state index in [0.717, 1.165) is 11.1 Å². The Morgan fingerprint density at radius 2 is 1.70 bits per heavy atom. The van der Waals surface area contributed by atoms with Crippen molar-refractivity contribution >= 4 is 18.3 Å². The van der Waals surface area contributed by atoms with Crippen LogP contribution in [-0.4, -0.2) is 43.9 Å². The molecule has 140 valence electrons. The quantitative estimate of drug-likeness (QED) is 0.465. The van der Waals surface area contributed by atoms with E-state index in [-0.39, 0.29) is 18.3 Å². The summed E-state index contributed by atoms with van der Waals surface area (Å²) in [7, 11) is 0. The predicted molar refractivity (Wildman–Crippen MR) is 105 cm³/mol. The van der Waals surface area contributed by atoms with Gasteiger partial charge in [0.15, 0.2) is 0 Å². The van der Waals surface area contributed by atoms with Crippen LogP contribution >= 0.6 is 0 Å². The Bertz CT molecular complexity index is 785. The normalized spacial score (nSPS) is 15.6. The number of ether oxygens (including phenoxy) is 2. The zero-order valence-corrected chi connectivity index (χ0v) is 15.1. The van der Waals surface area contributed by atoms with E-state index >= 15 is 0 Å². The van der Waals surface area contributed by atoms with Gasteiger partial charge in [0.25, 0.3) is 0 Å². The van der Waals surface area contributed by atoms with Crippen LogP contribution < -0.4 is 5.43 Å². The summed E-state index contributed by atoms with van der Waals surface area (Å²) >= 11 is 0. The van der Waals surface area contributed by atoms with Gasteiger partial charge in [-0.3, -0.25) is 15.2 Å². The number of hydrazine groups is 1. The van der Waals surface area contributed by atoms with Gasteiger partial charge < -0.3 is 9.47 Å². The minimum atomic E-state index is -0.348. The molecule has 1 amide bonds. The lowest BCUT2D eigenvalue weighted by molar-refractivity contribution is -0.127. The Morgan fingerprint density at radius 1 is 1.07 bits per heavy atom. The summed E-state index contributed by atoms with van der Waals surface area (Å²) < 4.78 is 11.2. The molecule has 1 fully saturated rings. The molecule has 6 heteroatoms. The van der Waals surface area contributed by atoms with Crippen LogP contribution in [0.1, 0.15) is 11.1 Å². The maximum absolute atomic E-state index is 12.9. The Labute approximate surface area is 159 Å². The summed E-state index contributed by atoms with van der Waals surface area (Å²) in [4.78, 5) is 17.0. The lowest BCUT2D eigenvalue weighted by Crippen LogP contribution is -2.49. The first-order chi connectivity index (χ1) is 13.3. The van der Waals surface area contributed by atoms with Crippen molar-refractivity contribution in [3.63, 3.8) is 0 Å². The first-order valence-electron chi connectivity index (χ1n) is 8.85. The summed E-state index contributed by atoms with van der Waals surface area (Å²) in [5.74, 6) is -0.203. The smallest absolute Gasteiger partial charge is 0.302 e. The molecule has 0 bridgehead atoms. The van der Waals surface area contributed by atoms with E-state index in [1.54, 1.807) is 0 Å². The first kappa shape index (κ1) is 18.8. The van der Waals surface area contributed by atoms with Gasteiger partial charge in [-0.2, -0.15) is 0 Å². The van der Waals surface area contributed by atoms with Crippen molar-refractivity contribution in [2.75, 3.05) is 26.3 Å². The van der Waals surface area contributed by atoms with E-state index in [1.165, 1.54) is 0 Å². The highest BCUT2D eigenvalue weighted by atomic mass is 16.5. The van der Waals surface area contributed by atoms with Gasteiger partial charge in [0.1, 0.15) is 12.3 Å². The number of hydrogen-bond acceptors (Lipinski definition) is 5.